The fourth-order valence-corrected chi connectivity index (χ4v) is 3.29. The second-order valence-electron chi connectivity index (χ2n) is 5.80. The molecule has 2 heterocycles. The molecular formula is C14H18O4. The van der Waals surface area contributed by atoms with Gasteiger partial charge in [0, 0.05) is 11.5 Å². The average molecular weight is 250 g/mol. The molecule has 0 N–H and O–H groups in total. The molecule has 0 bridgehead atoms. The molecule has 2 saturated heterocycles. The molecule has 4 heteroatoms. The molecule has 5 unspecified atom stereocenters. The zero-order valence-corrected chi connectivity index (χ0v) is 10.3. The smallest absolute Gasteiger partial charge is 0.333 e. The van der Waals surface area contributed by atoms with Gasteiger partial charge in [0.15, 0.2) is 0 Å². The van der Waals surface area contributed by atoms with E-state index in [0.717, 1.165) is 24.8 Å². The van der Waals surface area contributed by atoms with Crippen LogP contribution in [0.15, 0.2) is 11.6 Å². The van der Waals surface area contributed by atoms with E-state index in [9.17, 15) is 4.79 Å². The standard InChI is InChI=1S/C14H18O4/c15-14(8-4-5-10-12(6-8)17-10)16-7-9-2-1-3-11-13(9)18-11/h6,9-13H,1-5,7H2. The van der Waals surface area contributed by atoms with Crippen molar-refractivity contribution in [3.05, 3.63) is 11.6 Å². The van der Waals surface area contributed by atoms with Crippen LogP contribution < -0.4 is 0 Å². The van der Waals surface area contributed by atoms with Gasteiger partial charge in [-0.25, -0.2) is 4.79 Å². The van der Waals surface area contributed by atoms with Gasteiger partial charge in [-0.2, -0.15) is 0 Å². The minimum Gasteiger partial charge on any atom is -0.462 e. The second kappa shape index (κ2) is 4.07. The first-order chi connectivity index (χ1) is 8.81. The maximum absolute atomic E-state index is 11.9. The molecule has 0 aromatic rings. The number of rotatable bonds is 3. The number of hydrogen-bond acceptors (Lipinski definition) is 4. The van der Waals surface area contributed by atoms with Crippen molar-refractivity contribution in [3.8, 4) is 0 Å². The van der Waals surface area contributed by atoms with Crippen molar-refractivity contribution in [2.75, 3.05) is 6.61 Å². The van der Waals surface area contributed by atoms with Gasteiger partial charge >= 0.3 is 5.97 Å². The molecule has 0 aromatic carbocycles. The number of carbonyl (C=O) groups is 1. The van der Waals surface area contributed by atoms with Crippen molar-refractivity contribution in [3.63, 3.8) is 0 Å². The van der Waals surface area contributed by atoms with Gasteiger partial charge in [0.2, 0.25) is 0 Å². The van der Waals surface area contributed by atoms with Crippen LogP contribution in [0.25, 0.3) is 0 Å². The summed E-state index contributed by atoms with van der Waals surface area (Å²) >= 11 is 0. The number of ether oxygens (including phenoxy) is 3. The molecule has 2 aliphatic heterocycles. The monoisotopic (exact) mass is 250 g/mol. The highest BCUT2D eigenvalue weighted by molar-refractivity contribution is 5.88. The van der Waals surface area contributed by atoms with Crippen LogP contribution in [0.5, 0.6) is 0 Å². The van der Waals surface area contributed by atoms with E-state index < -0.39 is 0 Å². The Kier molecular flexibility index (Phi) is 2.49. The Bertz CT molecular complexity index is 403. The van der Waals surface area contributed by atoms with E-state index in [1.165, 1.54) is 12.8 Å². The summed E-state index contributed by atoms with van der Waals surface area (Å²) in [6, 6.07) is 0. The second-order valence-corrected chi connectivity index (χ2v) is 5.80. The lowest BCUT2D eigenvalue weighted by atomic mass is 9.90. The van der Waals surface area contributed by atoms with E-state index in [0.29, 0.717) is 30.8 Å². The molecule has 18 heavy (non-hydrogen) atoms. The fourth-order valence-electron chi connectivity index (χ4n) is 3.29. The van der Waals surface area contributed by atoms with Crippen LogP contribution in [0, 0.1) is 5.92 Å². The lowest BCUT2D eigenvalue weighted by Crippen LogP contribution is -2.24. The molecule has 1 saturated carbocycles. The Morgan fingerprint density at radius 2 is 2.22 bits per heavy atom. The van der Waals surface area contributed by atoms with Gasteiger partial charge in [0.25, 0.3) is 0 Å². The Balaban J connectivity index is 1.30. The van der Waals surface area contributed by atoms with Crippen LogP contribution in [0.1, 0.15) is 32.1 Å². The van der Waals surface area contributed by atoms with E-state index >= 15 is 0 Å². The first kappa shape index (κ1) is 11.0. The van der Waals surface area contributed by atoms with E-state index in [1.54, 1.807) is 0 Å². The maximum atomic E-state index is 11.9. The third-order valence-corrected chi connectivity index (χ3v) is 4.53. The van der Waals surface area contributed by atoms with Crippen molar-refractivity contribution >= 4 is 5.97 Å². The topological polar surface area (TPSA) is 51.4 Å². The van der Waals surface area contributed by atoms with Crippen LogP contribution in [-0.2, 0) is 19.0 Å². The van der Waals surface area contributed by atoms with Gasteiger partial charge in [0.1, 0.15) is 6.10 Å². The molecule has 98 valence electrons. The Morgan fingerprint density at radius 3 is 3.11 bits per heavy atom. The fraction of sp³-hybridized carbons (Fsp3) is 0.786. The molecule has 3 fully saturated rings. The summed E-state index contributed by atoms with van der Waals surface area (Å²) in [5.74, 6) is 0.272. The van der Waals surface area contributed by atoms with Gasteiger partial charge < -0.3 is 14.2 Å². The van der Waals surface area contributed by atoms with Crippen molar-refractivity contribution in [2.24, 2.45) is 5.92 Å². The van der Waals surface area contributed by atoms with Crippen LogP contribution in [0.2, 0.25) is 0 Å². The highest BCUT2D eigenvalue weighted by Gasteiger charge is 2.47. The first-order valence-corrected chi connectivity index (χ1v) is 7.00. The SMILES string of the molecule is O=C(OCC1CCCC2OC12)C1=CC2OC2CC1. The summed E-state index contributed by atoms with van der Waals surface area (Å²) in [4.78, 5) is 11.9. The van der Waals surface area contributed by atoms with Gasteiger partial charge in [-0.15, -0.1) is 0 Å². The van der Waals surface area contributed by atoms with E-state index in [1.807, 2.05) is 6.08 Å². The van der Waals surface area contributed by atoms with Crippen molar-refractivity contribution in [2.45, 2.75) is 56.5 Å². The first-order valence-electron chi connectivity index (χ1n) is 7.00. The van der Waals surface area contributed by atoms with Crippen molar-refractivity contribution in [1.82, 2.24) is 0 Å². The zero-order valence-electron chi connectivity index (χ0n) is 10.3. The molecule has 2 aliphatic carbocycles. The lowest BCUT2D eigenvalue weighted by molar-refractivity contribution is -0.141. The average Bonchev–Trinajstić information content (AvgIpc) is 3.26. The zero-order chi connectivity index (χ0) is 12.1. The van der Waals surface area contributed by atoms with E-state index in [2.05, 4.69) is 0 Å². The molecule has 4 aliphatic rings. The van der Waals surface area contributed by atoms with Gasteiger partial charge in [-0.3, -0.25) is 0 Å². The van der Waals surface area contributed by atoms with E-state index in [4.69, 9.17) is 14.2 Å². The minimum absolute atomic E-state index is 0.147. The molecule has 0 aromatic heterocycles. The highest BCUT2D eigenvalue weighted by Crippen LogP contribution is 2.41. The normalized spacial score (nSPS) is 44.4. The highest BCUT2D eigenvalue weighted by atomic mass is 16.6. The predicted molar refractivity (Wildman–Crippen MR) is 62.9 cm³/mol. The molecule has 4 nitrogen and oxygen atoms in total. The van der Waals surface area contributed by atoms with Crippen LogP contribution >= 0.6 is 0 Å². The van der Waals surface area contributed by atoms with Gasteiger partial charge in [0.05, 0.1) is 24.9 Å². The summed E-state index contributed by atoms with van der Waals surface area (Å²) < 4.78 is 16.4. The predicted octanol–water partition coefficient (Wildman–Crippen LogP) is 1.58. The number of epoxide rings is 2. The Labute approximate surface area is 106 Å². The third-order valence-electron chi connectivity index (χ3n) is 4.53. The summed E-state index contributed by atoms with van der Waals surface area (Å²) in [6.07, 6.45) is 8.59. The largest absolute Gasteiger partial charge is 0.462 e. The molecular weight excluding hydrogens is 232 g/mol. The summed E-state index contributed by atoms with van der Waals surface area (Å²) in [5.41, 5.74) is 0.804. The minimum atomic E-state index is -0.147. The number of esters is 1. The summed E-state index contributed by atoms with van der Waals surface area (Å²) in [7, 11) is 0. The summed E-state index contributed by atoms with van der Waals surface area (Å²) in [6.45, 7) is 0.520. The molecule has 0 amide bonds. The summed E-state index contributed by atoms with van der Waals surface area (Å²) in [5, 5.41) is 0. The van der Waals surface area contributed by atoms with Gasteiger partial charge in [-0.1, -0.05) is 6.42 Å². The van der Waals surface area contributed by atoms with E-state index in [-0.39, 0.29) is 12.1 Å². The van der Waals surface area contributed by atoms with Gasteiger partial charge in [-0.05, 0) is 31.8 Å². The lowest BCUT2D eigenvalue weighted by Gasteiger charge is -2.18. The molecule has 5 atom stereocenters. The number of hydrogen-bond donors (Lipinski definition) is 0. The molecule has 4 rings (SSSR count). The van der Waals surface area contributed by atoms with Crippen molar-refractivity contribution < 1.29 is 19.0 Å². The maximum Gasteiger partial charge on any atom is 0.333 e. The Morgan fingerprint density at radius 1 is 1.28 bits per heavy atom. The third kappa shape index (κ3) is 1.97. The van der Waals surface area contributed by atoms with Crippen molar-refractivity contribution in [1.29, 1.82) is 0 Å². The quantitative estimate of drug-likeness (QED) is 0.563. The number of carbonyl (C=O) groups excluding carboxylic acids is 1. The van der Waals surface area contributed by atoms with Crippen LogP contribution in [-0.4, -0.2) is 37.0 Å². The molecule has 0 radical (unpaired) electrons. The van der Waals surface area contributed by atoms with Crippen LogP contribution in [0.3, 0.4) is 0 Å². The molecule has 0 spiro atoms. The Hall–Kier alpha value is -0.870. The van der Waals surface area contributed by atoms with Crippen LogP contribution in [0.4, 0.5) is 0 Å². The number of fused-ring (bicyclic) bond motifs is 2.